The lowest BCUT2D eigenvalue weighted by molar-refractivity contribution is 0.0996. The third-order valence-corrected chi connectivity index (χ3v) is 4.51. The van der Waals surface area contributed by atoms with Crippen molar-refractivity contribution >= 4 is 27.5 Å². The SMILES string of the molecule is CCNC(CCC1CCCO1)c1ccc(Cl)cc1Br. The molecule has 2 nitrogen and oxygen atoms in total. The van der Waals surface area contributed by atoms with Crippen LogP contribution >= 0.6 is 27.5 Å². The van der Waals surface area contributed by atoms with Crippen LogP contribution in [0.25, 0.3) is 0 Å². The van der Waals surface area contributed by atoms with E-state index < -0.39 is 0 Å². The van der Waals surface area contributed by atoms with Gasteiger partial charge in [-0.15, -0.1) is 0 Å². The zero-order chi connectivity index (χ0) is 13.7. The minimum Gasteiger partial charge on any atom is -0.378 e. The minimum absolute atomic E-state index is 0.362. The van der Waals surface area contributed by atoms with E-state index >= 15 is 0 Å². The van der Waals surface area contributed by atoms with Crippen LogP contribution in [-0.2, 0) is 4.74 Å². The average Bonchev–Trinajstić information content (AvgIpc) is 2.88. The van der Waals surface area contributed by atoms with Crippen LogP contribution < -0.4 is 5.32 Å². The van der Waals surface area contributed by atoms with Crippen molar-refractivity contribution in [3.63, 3.8) is 0 Å². The molecule has 0 aromatic heterocycles. The summed E-state index contributed by atoms with van der Waals surface area (Å²) in [6, 6.07) is 6.39. The molecular weight excluding hydrogens is 326 g/mol. The maximum absolute atomic E-state index is 6.01. The lowest BCUT2D eigenvalue weighted by Gasteiger charge is -2.21. The maximum Gasteiger partial charge on any atom is 0.0576 e. The van der Waals surface area contributed by atoms with Crippen molar-refractivity contribution in [2.24, 2.45) is 0 Å². The molecule has 106 valence electrons. The van der Waals surface area contributed by atoms with Crippen LogP contribution in [0.4, 0.5) is 0 Å². The highest BCUT2D eigenvalue weighted by Crippen LogP contribution is 2.30. The van der Waals surface area contributed by atoms with E-state index in [1.165, 1.54) is 18.4 Å². The molecule has 1 aliphatic heterocycles. The molecule has 1 aliphatic rings. The molecule has 2 atom stereocenters. The molecule has 1 heterocycles. The standard InChI is InChI=1S/C15H21BrClNO/c1-2-18-15(8-6-12-4-3-9-19-12)13-7-5-11(17)10-14(13)16/h5,7,10,12,15,18H,2-4,6,8-9H2,1H3. The van der Waals surface area contributed by atoms with Crippen LogP contribution in [0.2, 0.25) is 5.02 Å². The second-order valence-corrected chi connectivity index (χ2v) is 6.28. The highest BCUT2D eigenvalue weighted by Gasteiger charge is 2.19. The van der Waals surface area contributed by atoms with Gasteiger partial charge in [-0.25, -0.2) is 0 Å². The fraction of sp³-hybridized carbons (Fsp3) is 0.600. The van der Waals surface area contributed by atoms with Crippen LogP contribution in [0, 0.1) is 0 Å². The van der Waals surface area contributed by atoms with Gasteiger partial charge in [0.25, 0.3) is 0 Å². The van der Waals surface area contributed by atoms with E-state index in [2.05, 4.69) is 34.2 Å². The predicted octanol–water partition coefficient (Wildman–Crippen LogP) is 4.71. The second-order valence-electron chi connectivity index (χ2n) is 4.99. The van der Waals surface area contributed by atoms with Gasteiger partial charge in [0, 0.05) is 22.1 Å². The zero-order valence-corrected chi connectivity index (χ0v) is 13.6. The molecule has 0 radical (unpaired) electrons. The van der Waals surface area contributed by atoms with Gasteiger partial charge in [-0.3, -0.25) is 0 Å². The molecule has 1 N–H and O–H groups in total. The molecule has 19 heavy (non-hydrogen) atoms. The Morgan fingerprint density at radius 1 is 1.53 bits per heavy atom. The molecule has 2 rings (SSSR count). The van der Waals surface area contributed by atoms with Crippen molar-refractivity contribution in [3.8, 4) is 0 Å². The normalized spacial score (nSPS) is 20.7. The van der Waals surface area contributed by atoms with Crippen molar-refractivity contribution in [1.82, 2.24) is 5.32 Å². The Balaban J connectivity index is 2.01. The molecule has 0 saturated carbocycles. The third kappa shape index (κ3) is 4.45. The van der Waals surface area contributed by atoms with E-state index in [4.69, 9.17) is 16.3 Å². The molecule has 1 fully saturated rings. The summed E-state index contributed by atoms with van der Waals surface area (Å²) >= 11 is 9.62. The third-order valence-electron chi connectivity index (χ3n) is 3.59. The van der Waals surface area contributed by atoms with Crippen molar-refractivity contribution in [2.45, 2.75) is 44.8 Å². The van der Waals surface area contributed by atoms with E-state index in [0.29, 0.717) is 12.1 Å². The van der Waals surface area contributed by atoms with Gasteiger partial charge in [-0.1, -0.05) is 40.5 Å². The summed E-state index contributed by atoms with van der Waals surface area (Å²) in [4.78, 5) is 0. The Bertz CT molecular complexity index is 407. The number of rotatable bonds is 6. The largest absolute Gasteiger partial charge is 0.378 e. The van der Waals surface area contributed by atoms with Gasteiger partial charge in [0.2, 0.25) is 0 Å². The van der Waals surface area contributed by atoms with Gasteiger partial charge in [0.05, 0.1) is 6.10 Å². The van der Waals surface area contributed by atoms with Gasteiger partial charge in [0.15, 0.2) is 0 Å². The summed E-state index contributed by atoms with van der Waals surface area (Å²) in [5.74, 6) is 0. The van der Waals surface area contributed by atoms with Crippen molar-refractivity contribution in [2.75, 3.05) is 13.2 Å². The van der Waals surface area contributed by atoms with Crippen molar-refractivity contribution in [3.05, 3.63) is 33.3 Å². The van der Waals surface area contributed by atoms with E-state index in [9.17, 15) is 0 Å². The van der Waals surface area contributed by atoms with Crippen LogP contribution in [0.5, 0.6) is 0 Å². The minimum atomic E-state index is 0.362. The van der Waals surface area contributed by atoms with Gasteiger partial charge < -0.3 is 10.1 Å². The van der Waals surface area contributed by atoms with Gasteiger partial charge in [-0.05, 0) is 49.9 Å². The molecule has 1 aromatic carbocycles. The Kier molecular flexibility index (Phi) is 6.14. The average molecular weight is 347 g/mol. The topological polar surface area (TPSA) is 21.3 Å². The zero-order valence-electron chi connectivity index (χ0n) is 11.3. The summed E-state index contributed by atoms with van der Waals surface area (Å²) in [5.41, 5.74) is 1.28. The quantitative estimate of drug-likeness (QED) is 0.805. The van der Waals surface area contributed by atoms with Crippen molar-refractivity contribution in [1.29, 1.82) is 0 Å². The summed E-state index contributed by atoms with van der Waals surface area (Å²) in [5, 5.41) is 4.32. The van der Waals surface area contributed by atoms with Crippen LogP contribution in [-0.4, -0.2) is 19.3 Å². The molecule has 0 aliphatic carbocycles. The molecule has 1 aromatic rings. The summed E-state index contributed by atoms with van der Waals surface area (Å²) in [7, 11) is 0. The number of halogens is 2. The van der Waals surface area contributed by atoms with Crippen LogP contribution in [0.3, 0.4) is 0 Å². The molecule has 4 heteroatoms. The first-order valence-electron chi connectivity index (χ1n) is 7.00. The Hall–Kier alpha value is -0.0900. The lowest BCUT2D eigenvalue weighted by atomic mass is 9.99. The second kappa shape index (κ2) is 7.63. The first kappa shape index (κ1) is 15.3. The molecule has 1 saturated heterocycles. The van der Waals surface area contributed by atoms with E-state index in [-0.39, 0.29) is 0 Å². The number of hydrogen-bond acceptors (Lipinski definition) is 2. The maximum atomic E-state index is 6.01. The van der Waals surface area contributed by atoms with Crippen molar-refractivity contribution < 1.29 is 4.74 Å². The van der Waals surface area contributed by atoms with E-state index in [1.807, 2.05) is 12.1 Å². The van der Waals surface area contributed by atoms with Gasteiger partial charge >= 0.3 is 0 Å². The smallest absolute Gasteiger partial charge is 0.0576 e. The summed E-state index contributed by atoms with van der Waals surface area (Å²) < 4.78 is 6.79. The van der Waals surface area contributed by atoms with Gasteiger partial charge in [0.1, 0.15) is 0 Å². The number of hydrogen-bond donors (Lipinski definition) is 1. The Labute approximate surface area is 129 Å². The number of benzene rings is 1. The molecule has 2 unspecified atom stereocenters. The van der Waals surface area contributed by atoms with Crippen LogP contribution in [0.15, 0.2) is 22.7 Å². The fourth-order valence-electron chi connectivity index (χ4n) is 2.62. The molecule has 0 bridgehead atoms. The molecule has 0 amide bonds. The van der Waals surface area contributed by atoms with Crippen LogP contribution in [0.1, 0.15) is 44.2 Å². The fourth-order valence-corrected chi connectivity index (χ4v) is 3.58. The highest BCUT2D eigenvalue weighted by molar-refractivity contribution is 9.10. The molecular formula is C15H21BrClNO. The van der Waals surface area contributed by atoms with E-state index in [0.717, 1.165) is 35.5 Å². The monoisotopic (exact) mass is 345 g/mol. The first-order valence-corrected chi connectivity index (χ1v) is 8.17. The Morgan fingerprint density at radius 2 is 2.37 bits per heavy atom. The number of nitrogens with one attached hydrogen (secondary N) is 1. The number of ether oxygens (including phenoxy) is 1. The predicted molar refractivity (Wildman–Crippen MR) is 83.8 cm³/mol. The summed E-state index contributed by atoms with van der Waals surface area (Å²) in [6.07, 6.45) is 5.08. The lowest BCUT2D eigenvalue weighted by Crippen LogP contribution is -2.22. The molecule has 0 spiro atoms. The highest BCUT2D eigenvalue weighted by atomic mass is 79.9. The Morgan fingerprint density at radius 3 is 3.00 bits per heavy atom. The summed E-state index contributed by atoms with van der Waals surface area (Å²) in [6.45, 7) is 4.04. The first-order chi connectivity index (χ1) is 9.20. The van der Waals surface area contributed by atoms with Gasteiger partial charge in [-0.2, -0.15) is 0 Å². The van der Waals surface area contributed by atoms with E-state index in [1.54, 1.807) is 0 Å².